The Hall–Kier alpha value is -2.00. The summed E-state index contributed by atoms with van der Waals surface area (Å²) in [4.78, 5) is 11.7. The summed E-state index contributed by atoms with van der Waals surface area (Å²) in [6.07, 6.45) is 0.236. The molecule has 1 aromatic carbocycles. The van der Waals surface area contributed by atoms with E-state index in [0.717, 1.165) is 12.1 Å². The van der Waals surface area contributed by atoms with E-state index < -0.39 is 23.0 Å². The molecular formula is C13H12F2N2O2. The first-order chi connectivity index (χ1) is 9.07. The van der Waals surface area contributed by atoms with E-state index in [-0.39, 0.29) is 26.2 Å². The number of hydrogen-bond acceptors (Lipinski definition) is 3. The minimum atomic E-state index is -1.11. The van der Waals surface area contributed by atoms with Crippen molar-refractivity contribution in [3.63, 3.8) is 0 Å². The van der Waals surface area contributed by atoms with E-state index in [1.807, 2.05) is 6.07 Å². The maximum Gasteiger partial charge on any atom is 0.245 e. The van der Waals surface area contributed by atoms with Gasteiger partial charge in [0, 0.05) is 12.6 Å². The average molecular weight is 266 g/mol. The van der Waals surface area contributed by atoms with Gasteiger partial charge in [0.05, 0.1) is 19.3 Å². The molecule has 0 saturated carbocycles. The lowest BCUT2D eigenvalue weighted by Gasteiger charge is -2.33. The Balaban J connectivity index is 1.87. The standard InChI is InChI=1S/C13H12F2N2O2/c14-10-2-1-9(11(15)5-10)3-4-17-12(18)13(6-16)7-19-8-13/h1-2,5H,3-4,7-8H2,(H,17,18). The number of nitriles is 1. The summed E-state index contributed by atoms with van der Waals surface area (Å²) >= 11 is 0. The summed E-state index contributed by atoms with van der Waals surface area (Å²) in [5, 5.41) is 11.5. The number of carbonyl (C=O) groups is 1. The minimum Gasteiger partial charge on any atom is -0.377 e. The van der Waals surface area contributed by atoms with Gasteiger partial charge in [-0.3, -0.25) is 4.79 Å². The molecule has 1 aromatic rings. The quantitative estimate of drug-likeness (QED) is 0.889. The highest BCUT2D eigenvalue weighted by atomic mass is 19.1. The normalized spacial score (nSPS) is 16.3. The number of hydrogen-bond donors (Lipinski definition) is 1. The van der Waals surface area contributed by atoms with Crippen LogP contribution in [-0.2, 0) is 16.0 Å². The molecule has 19 heavy (non-hydrogen) atoms. The van der Waals surface area contributed by atoms with Gasteiger partial charge in [-0.25, -0.2) is 8.78 Å². The van der Waals surface area contributed by atoms with Crippen LogP contribution in [0.2, 0.25) is 0 Å². The average Bonchev–Trinajstić information content (AvgIpc) is 2.31. The van der Waals surface area contributed by atoms with Gasteiger partial charge in [0.25, 0.3) is 0 Å². The van der Waals surface area contributed by atoms with Crippen molar-refractivity contribution >= 4 is 5.91 Å². The van der Waals surface area contributed by atoms with Crippen LogP contribution in [0.5, 0.6) is 0 Å². The third-order valence-corrected chi connectivity index (χ3v) is 3.04. The number of nitrogens with one attached hydrogen (secondary N) is 1. The van der Waals surface area contributed by atoms with E-state index in [1.165, 1.54) is 6.07 Å². The van der Waals surface area contributed by atoms with Crippen LogP contribution >= 0.6 is 0 Å². The molecule has 0 bridgehead atoms. The summed E-state index contributed by atoms with van der Waals surface area (Å²) in [7, 11) is 0. The van der Waals surface area contributed by atoms with Crippen LogP contribution in [0.1, 0.15) is 5.56 Å². The molecule has 0 spiro atoms. The first-order valence-electron chi connectivity index (χ1n) is 5.79. The van der Waals surface area contributed by atoms with Gasteiger partial charge in [-0.2, -0.15) is 5.26 Å². The second-order valence-corrected chi connectivity index (χ2v) is 4.43. The monoisotopic (exact) mass is 266 g/mol. The van der Waals surface area contributed by atoms with Crippen LogP contribution in [0, 0.1) is 28.4 Å². The molecule has 1 saturated heterocycles. The van der Waals surface area contributed by atoms with Gasteiger partial charge in [0.15, 0.2) is 5.41 Å². The Labute approximate surface area is 109 Å². The van der Waals surface area contributed by atoms with Crippen LogP contribution in [0.25, 0.3) is 0 Å². The molecule has 0 atom stereocenters. The fraction of sp³-hybridized carbons (Fsp3) is 0.385. The maximum absolute atomic E-state index is 13.3. The van der Waals surface area contributed by atoms with E-state index in [4.69, 9.17) is 10.00 Å². The molecular weight excluding hydrogens is 254 g/mol. The molecule has 100 valence electrons. The largest absolute Gasteiger partial charge is 0.377 e. The Morgan fingerprint density at radius 1 is 1.47 bits per heavy atom. The highest BCUT2D eigenvalue weighted by Gasteiger charge is 2.46. The second kappa shape index (κ2) is 5.33. The van der Waals surface area contributed by atoms with Crippen molar-refractivity contribution in [2.45, 2.75) is 6.42 Å². The van der Waals surface area contributed by atoms with Crippen molar-refractivity contribution in [3.05, 3.63) is 35.4 Å². The van der Waals surface area contributed by atoms with Crippen molar-refractivity contribution in [1.29, 1.82) is 5.26 Å². The van der Waals surface area contributed by atoms with Crippen molar-refractivity contribution in [3.8, 4) is 6.07 Å². The molecule has 6 heteroatoms. The Kier molecular flexibility index (Phi) is 3.76. The number of carbonyl (C=O) groups excluding carboxylic acids is 1. The number of benzene rings is 1. The summed E-state index contributed by atoms with van der Waals surface area (Å²) < 4.78 is 30.9. The van der Waals surface area contributed by atoms with Crippen molar-refractivity contribution < 1.29 is 18.3 Å². The Morgan fingerprint density at radius 2 is 2.21 bits per heavy atom. The van der Waals surface area contributed by atoms with Crippen LogP contribution in [0.15, 0.2) is 18.2 Å². The fourth-order valence-electron chi connectivity index (χ4n) is 1.76. The van der Waals surface area contributed by atoms with Crippen LogP contribution in [-0.4, -0.2) is 25.7 Å². The highest BCUT2D eigenvalue weighted by Crippen LogP contribution is 2.26. The lowest BCUT2D eigenvalue weighted by molar-refractivity contribution is -0.149. The smallest absolute Gasteiger partial charge is 0.245 e. The van der Waals surface area contributed by atoms with E-state index in [2.05, 4.69) is 5.32 Å². The van der Waals surface area contributed by atoms with Crippen molar-refractivity contribution in [2.75, 3.05) is 19.8 Å². The zero-order valence-electron chi connectivity index (χ0n) is 10.1. The van der Waals surface area contributed by atoms with Gasteiger partial charge in [-0.05, 0) is 18.1 Å². The first kappa shape index (κ1) is 13.4. The Bertz CT molecular complexity index is 536. The molecule has 1 aliphatic heterocycles. The molecule has 0 unspecified atom stereocenters. The number of rotatable bonds is 4. The molecule has 1 N–H and O–H groups in total. The summed E-state index contributed by atoms with van der Waals surface area (Å²) in [5.74, 6) is -1.69. The maximum atomic E-state index is 13.3. The topological polar surface area (TPSA) is 62.1 Å². The van der Waals surface area contributed by atoms with E-state index in [0.29, 0.717) is 5.56 Å². The second-order valence-electron chi connectivity index (χ2n) is 4.43. The third-order valence-electron chi connectivity index (χ3n) is 3.04. The predicted molar refractivity (Wildman–Crippen MR) is 61.9 cm³/mol. The van der Waals surface area contributed by atoms with Crippen molar-refractivity contribution in [2.24, 2.45) is 5.41 Å². The molecule has 2 rings (SSSR count). The Morgan fingerprint density at radius 3 is 2.74 bits per heavy atom. The van der Waals surface area contributed by atoms with Gasteiger partial charge in [-0.1, -0.05) is 6.07 Å². The van der Waals surface area contributed by atoms with Gasteiger partial charge in [0.2, 0.25) is 5.91 Å². The number of ether oxygens (including phenoxy) is 1. The SMILES string of the molecule is N#CC1(C(=O)NCCc2ccc(F)cc2F)COC1. The molecule has 0 aliphatic carbocycles. The molecule has 1 amide bonds. The van der Waals surface area contributed by atoms with Gasteiger partial charge >= 0.3 is 0 Å². The van der Waals surface area contributed by atoms with Gasteiger partial charge in [-0.15, -0.1) is 0 Å². The molecule has 1 aliphatic rings. The number of amides is 1. The lowest BCUT2D eigenvalue weighted by Crippen LogP contribution is -2.53. The van der Waals surface area contributed by atoms with Crippen molar-refractivity contribution in [1.82, 2.24) is 5.32 Å². The van der Waals surface area contributed by atoms with E-state index in [9.17, 15) is 13.6 Å². The molecule has 0 aromatic heterocycles. The van der Waals surface area contributed by atoms with Gasteiger partial charge < -0.3 is 10.1 Å². The first-order valence-corrected chi connectivity index (χ1v) is 5.79. The molecule has 1 heterocycles. The third kappa shape index (κ3) is 2.71. The summed E-state index contributed by atoms with van der Waals surface area (Å²) in [5.41, 5.74) is -0.793. The molecule has 4 nitrogen and oxygen atoms in total. The zero-order chi connectivity index (χ0) is 13.9. The van der Waals surface area contributed by atoms with Crippen LogP contribution in [0.4, 0.5) is 8.78 Å². The molecule has 0 radical (unpaired) electrons. The fourth-order valence-corrected chi connectivity index (χ4v) is 1.76. The van der Waals surface area contributed by atoms with E-state index in [1.54, 1.807) is 0 Å². The van der Waals surface area contributed by atoms with Crippen LogP contribution in [0.3, 0.4) is 0 Å². The van der Waals surface area contributed by atoms with Crippen LogP contribution < -0.4 is 5.32 Å². The lowest BCUT2D eigenvalue weighted by atomic mass is 9.87. The van der Waals surface area contributed by atoms with Gasteiger partial charge in [0.1, 0.15) is 11.6 Å². The number of halogens is 2. The number of nitrogens with zero attached hydrogens (tertiary/aromatic N) is 1. The predicted octanol–water partition coefficient (Wildman–Crippen LogP) is 1.16. The summed E-state index contributed by atoms with van der Waals surface area (Å²) in [6, 6.07) is 5.22. The van der Waals surface area contributed by atoms with E-state index >= 15 is 0 Å². The molecule has 1 fully saturated rings. The zero-order valence-corrected chi connectivity index (χ0v) is 10.1. The highest BCUT2D eigenvalue weighted by molar-refractivity contribution is 5.86. The summed E-state index contributed by atoms with van der Waals surface area (Å²) in [6.45, 7) is 0.352. The minimum absolute atomic E-state index is 0.0836.